The van der Waals surface area contributed by atoms with Crippen LogP contribution < -0.4 is 10.1 Å². The van der Waals surface area contributed by atoms with Crippen LogP contribution >= 0.6 is 34.8 Å². The first-order chi connectivity index (χ1) is 17.9. The second-order valence-electron chi connectivity index (χ2n) is 8.77. The van der Waals surface area contributed by atoms with Crippen LogP contribution in [0.2, 0.25) is 15.2 Å². The fraction of sp³-hybridized carbons (Fsp3) is 0.370. The maximum absolute atomic E-state index is 12.2. The van der Waals surface area contributed by atoms with Gasteiger partial charge in [-0.15, -0.1) is 0 Å². The van der Waals surface area contributed by atoms with Crippen LogP contribution in [0.4, 0.5) is 0 Å². The van der Waals surface area contributed by atoms with Gasteiger partial charge >= 0.3 is 0 Å². The van der Waals surface area contributed by atoms with Gasteiger partial charge in [-0.05, 0) is 25.0 Å². The molecular formula is C27H29Cl3N4O3. The van der Waals surface area contributed by atoms with Crippen molar-refractivity contribution in [1.29, 1.82) is 0 Å². The lowest BCUT2D eigenvalue weighted by molar-refractivity contribution is -0.133. The third kappa shape index (κ3) is 6.54. The van der Waals surface area contributed by atoms with Gasteiger partial charge in [-0.3, -0.25) is 4.79 Å². The summed E-state index contributed by atoms with van der Waals surface area (Å²) in [6.07, 6.45) is 3.83. The second-order valence-corrected chi connectivity index (χ2v) is 9.89. The molecule has 1 saturated heterocycles. The lowest BCUT2D eigenvalue weighted by Gasteiger charge is -2.32. The van der Waals surface area contributed by atoms with E-state index in [2.05, 4.69) is 10.3 Å². The predicted molar refractivity (Wildman–Crippen MR) is 147 cm³/mol. The van der Waals surface area contributed by atoms with Crippen LogP contribution in [0.15, 0.2) is 42.6 Å². The predicted octanol–water partition coefficient (Wildman–Crippen LogP) is 5.90. The van der Waals surface area contributed by atoms with Crippen molar-refractivity contribution < 1.29 is 14.3 Å². The Balaban J connectivity index is 1.45. The molecule has 196 valence electrons. The number of hydrogen-bond donors (Lipinski definition) is 1. The minimum Gasteiger partial charge on any atom is -0.481 e. The molecule has 7 nitrogen and oxygen atoms in total. The summed E-state index contributed by atoms with van der Waals surface area (Å²) in [7, 11) is 3.22. The summed E-state index contributed by atoms with van der Waals surface area (Å²) in [6, 6.07) is 11.7. The largest absolute Gasteiger partial charge is 0.481 e. The monoisotopic (exact) mass is 562 g/mol. The fourth-order valence-corrected chi connectivity index (χ4v) is 5.13. The first kappa shape index (κ1) is 27.6. The number of piperidine rings is 1. The van der Waals surface area contributed by atoms with E-state index in [1.807, 2.05) is 35.2 Å². The molecule has 37 heavy (non-hydrogen) atoms. The van der Waals surface area contributed by atoms with Gasteiger partial charge in [-0.2, -0.15) is 0 Å². The molecule has 0 spiro atoms. The van der Waals surface area contributed by atoms with E-state index in [-0.39, 0.29) is 11.1 Å². The van der Waals surface area contributed by atoms with Crippen LogP contribution in [0, 0.1) is 0 Å². The molecule has 3 aromatic rings. The quantitative estimate of drug-likeness (QED) is 0.327. The average Bonchev–Trinajstić information content (AvgIpc) is 2.92. The Morgan fingerprint density at radius 2 is 1.76 bits per heavy atom. The number of benzene rings is 1. The molecule has 0 saturated carbocycles. The SMILES string of the molecule is COCCC(=O)N1CCC(NCc2ccc(-c3cccc(-c4ccnc(Cl)c4Cl)c3Cl)nc2OC)CC1. The van der Waals surface area contributed by atoms with Crippen LogP contribution in [0.1, 0.15) is 24.8 Å². The van der Waals surface area contributed by atoms with Crippen molar-refractivity contribution >= 4 is 40.7 Å². The molecule has 1 aliphatic rings. The van der Waals surface area contributed by atoms with Crippen molar-refractivity contribution in [2.75, 3.05) is 33.9 Å². The zero-order valence-corrected chi connectivity index (χ0v) is 23.0. The Kier molecular flexibility index (Phi) is 9.62. The number of carbonyl (C=O) groups is 1. The highest BCUT2D eigenvalue weighted by Gasteiger charge is 2.23. The Bertz CT molecular complexity index is 1250. The summed E-state index contributed by atoms with van der Waals surface area (Å²) in [5, 5.41) is 4.67. The highest BCUT2D eigenvalue weighted by atomic mass is 35.5. The summed E-state index contributed by atoms with van der Waals surface area (Å²) < 4.78 is 10.6. The third-order valence-corrected chi connectivity index (χ3v) is 7.67. The number of rotatable bonds is 9. The maximum Gasteiger partial charge on any atom is 0.224 e. The first-order valence-corrected chi connectivity index (χ1v) is 13.2. The number of nitrogens with zero attached hydrogens (tertiary/aromatic N) is 3. The van der Waals surface area contributed by atoms with Crippen molar-refractivity contribution in [1.82, 2.24) is 20.2 Å². The van der Waals surface area contributed by atoms with Crippen LogP contribution in [-0.2, 0) is 16.1 Å². The summed E-state index contributed by atoms with van der Waals surface area (Å²) in [4.78, 5) is 22.9. The standard InChI is InChI=1S/C27H29Cl3N4O3/c1-36-15-11-23(35)34-13-9-18(10-14-34)32-16-17-6-7-22(33-27(17)37-2)21-5-3-4-19(24(21)28)20-8-12-31-26(30)25(20)29/h3-8,12,18,32H,9-11,13-16H2,1-2H3. The number of pyridine rings is 2. The third-order valence-electron chi connectivity index (χ3n) is 6.49. The zero-order valence-electron chi connectivity index (χ0n) is 20.8. The fourth-order valence-electron chi connectivity index (χ4n) is 4.43. The average molecular weight is 564 g/mol. The molecule has 1 N–H and O–H groups in total. The molecule has 1 fully saturated rings. The van der Waals surface area contributed by atoms with E-state index in [0.717, 1.165) is 42.6 Å². The molecule has 1 aromatic carbocycles. The number of ether oxygens (including phenoxy) is 2. The van der Waals surface area contributed by atoms with E-state index in [1.54, 1.807) is 26.5 Å². The van der Waals surface area contributed by atoms with E-state index >= 15 is 0 Å². The molecule has 10 heteroatoms. The molecule has 1 aliphatic heterocycles. The summed E-state index contributed by atoms with van der Waals surface area (Å²) in [5.41, 5.74) is 3.83. The van der Waals surface area contributed by atoms with Gasteiger partial charge < -0.3 is 19.7 Å². The Morgan fingerprint density at radius 3 is 2.49 bits per heavy atom. The summed E-state index contributed by atoms with van der Waals surface area (Å²) >= 11 is 19.3. The maximum atomic E-state index is 12.2. The van der Waals surface area contributed by atoms with Gasteiger partial charge in [-0.1, -0.05) is 59.1 Å². The molecule has 1 amide bonds. The van der Waals surface area contributed by atoms with Crippen LogP contribution in [0.25, 0.3) is 22.4 Å². The van der Waals surface area contributed by atoms with Gasteiger partial charge in [-0.25, -0.2) is 9.97 Å². The minimum atomic E-state index is 0.152. The van der Waals surface area contributed by atoms with Gasteiger partial charge in [0.15, 0.2) is 0 Å². The normalized spacial score (nSPS) is 14.1. The van der Waals surface area contributed by atoms with E-state index < -0.39 is 0 Å². The van der Waals surface area contributed by atoms with Gasteiger partial charge in [0.05, 0.1) is 35.9 Å². The van der Waals surface area contributed by atoms with Crippen LogP contribution in [0.3, 0.4) is 0 Å². The van der Waals surface area contributed by atoms with Crippen molar-refractivity contribution in [3.63, 3.8) is 0 Å². The van der Waals surface area contributed by atoms with Crippen molar-refractivity contribution in [2.24, 2.45) is 0 Å². The molecule has 3 heterocycles. The van der Waals surface area contributed by atoms with Gasteiger partial charge in [0.25, 0.3) is 0 Å². The second kappa shape index (κ2) is 12.9. The van der Waals surface area contributed by atoms with Crippen molar-refractivity contribution in [3.8, 4) is 28.3 Å². The highest BCUT2D eigenvalue weighted by molar-refractivity contribution is 6.43. The summed E-state index contributed by atoms with van der Waals surface area (Å²) in [6.45, 7) is 2.56. The van der Waals surface area contributed by atoms with Gasteiger partial charge in [0, 0.05) is 61.2 Å². The lowest BCUT2D eigenvalue weighted by Crippen LogP contribution is -2.44. The van der Waals surface area contributed by atoms with E-state index in [9.17, 15) is 4.79 Å². The number of halogens is 3. The van der Waals surface area contributed by atoms with Crippen LogP contribution in [0.5, 0.6) is 5.88 Å². The Hall–Kier alpha value is -2.42. The summed E-state index contributed by atoms with van der Waals surface area (Å²) in [5.74, 6) is 0.683. The van der Waals surface area contributed by atoms with Gasteiger partial charge in [0.1, 0.15) is 5.15 Å². The molecule has 4 rings (SSSR count). The number of hydrogen-bond acceptors (Lipinski definition) is 6. The molecular weight excluding hydrogens is 535 g/mol. The Labute approximate surface area is 232 Å². The Morgan fingerprint density at radius 1 is 1.03 bits per heavy atom. The smallest absolute Gasteiger partial charge is 0.224 e. The number of likely N-dealkylation sites (tertiary alicyclic amines) is 1. The first-order valence-electron chi connectivity index (χ1n) is 12.1. The topological polar surface area (TPSA) is 76.6 Å². The molecule has 2 aromatic heterocycles. The number of carbonyl (C=O) groups excluding carboxylic acids is 1. The van der Waals surface area contributed by atoms with E-state index in [4.69, 9.17) is 49.3 Å². The van der Waals surface area contributed by atoms with Gasteiger partial charge in [0.2, 0.25) is 11.8 Å². The number of aromatic nitrogens is 2. The number of amides is 1. The molecule has 0 unspecified atom stereocenters. The van der Waals surface area contributed by atoms with Crippen molar-refractivity contribution in [2.45, 2.75) is 31.8 Å². The lowest BCUT2D eigenvalue weighted by atomic mass is 10.0. The van der Waals surface area contributed by atoms with Crippen molar-refractivity contribution in [3.05, 3.63) is 63.4 Å². The van der Waals surface area contributed by atoms with Crippen LogP contribution in [-0.4, -0.2) is 60.7 Å². The molecule has 0 atom stereocenters. The minimum absolute atomic E-state index is 0.152. The van der Waals surface area contributed by atoms with E-state index in [0.29, 0.717) is 52.8 Å². The molecule has 0 bridgehead atoms. The zero-order chi connectivity index (χ0) is 26.4. The number of methoxy groups -OCH3 is 2. The molecule has 0 radical (unpaired) electrons. The van der Waals surface area contributed by atoms with E-state index in [1.165, 1.54) is 0 Å². The molecule has 0 aliphatic carbocycles. The number of nitrogens with one attached hydrogen (secondary N) is 1. The highest BCUT2D eigenvalue weighted by Crippen LogP contribution is 2.40.